The van der Waals surface area contributed by atoms with Gasteiger partial charge < -0.3 is 0 Å². The van der Waals surface area contributed by atoms with Crippen molar-refractivity contribution in [2.45, 2.75) is 24.4 Å². The summed E-state index contributed by atoms with van der Waals surface area (Å²) in [6.07, 6.45) is 2.42. The van der Waals surface area contributed by atoms with Gasteiger partial charge in [0.25, 0.3) is 0 Å². The van der Waals surface area contributed by atoms with Gasteiger partial charge in [-0.05, 0) is 0 Å². The molecule has 0 bridgehead atoms. The molecule has 3 rings (SSSR count). The monoisotopic (exact) mass is 284 g/mol. The molecule has 0 aliphatic carbocycles. The minimum atomic E-state index is -2.05. The quantitative estimate of drug-likeness (QED) is 0.652. The molecular weight excluding hydrogens is 265 g/mol. The van der Waals surface area contributed by atoms with E-state index in [1.54, 1.807) is 19.9 Å². The third-order valence-electron chi connectivity index (χ3n) is 4.05. The van der Waals surface area contributed by atoms with Gasteiger partial charge in [0.2, 0.25) is 0 Å². The SMILES string of the molecule is [CH3][Ge]1([CH3])[c]2ccccc2CCc2cccc[c]21. The fraction of sp³-hybridized carbons (Fsp3) is 0.250. The van der Waals surface area contributed by atoms with Crippen LogP contribution in [0.1, 0.15) is 11.1 Å². The number of aryl methyl sites for hydroxylation is 2. The van der Waals surface area contributed by atoms with Gasteiger partial charge >= 0.3 is 106 Å². The van der Waals surface area contributed by atoms with E-state index in [0.29, 0.717) is 0 Å². The van der Waals surface area contributed by atoms with E-state index >= 15 is 0 Å². The van der Waals surface area contributed by atoms with E-state index in [0.717, 1.165) is 0 Å². The van der Waals surface area contributed by atoms with Crippen LogP contribution >= 0.6 is 0 Å². The van der Waals surface area contributed by atoms with Crippen molar-refractivity contribution in [3.05, 3.63) is 59.7 Å². The summed E-state index contributed by atoms with van der Waals surface area (Å²) >= 11 is -2.05. The summed E-state index contributed by atoms with van der Waals surface area (Å²) in [5.74, 6) is 5.06. The Bertz CT molecular complexity index is 505. The Balaban J connectivity index is 2.27. The summed E-state index contributed by atoms with van der Waals surface area (Å²) in [7, 11) is 0. The topological polar surface area (TPSA) is 0 Å². The number of rotatable bonds is 0. The number of hydrogen-bond acceptors (Lipinski definition) is 0. The average Bonchev–Trinajstić information content (AvgIpc) is 2.47. The molecule has 0 radical (unpaired) electrons. The van der Waals surface area contributed by atoms with E-state index in [-0.39, 0.29) is 0 Å². The van der Waals surface area contributed by atoms with Crippen LogP contribution in [0.5, 0.6) is 0 Å². The van der Waals surface area contributed by atoms with Crippen LogP contribution in [0, 0.1) is 0 Å². The van der Waals surface area contributed by atoms with E-state index in [9.17, 15) is 0 Å². The Morgan fingerprint density at radius 3 is 1.59 bits per heavy atom. The van der Waals surface area contributed by atoms with Crippen molar-refractivity contribution in [3.8, 4) is 0 Å². The zero-order valence-corrected chi connectivity index (χ0v) is 12.6. The Morgan fingerprint density at radius 2 is 1.12 bits per heavy atom. The molecule has 0 nitrogen and oxygen atoms in total. The molecule has 0 unspecified atom stereocenters. The first-order chi connectivity index (χ1) is 8.19. The van der Waals surface area contributed by atoms with Gasteiger partial charge in [-0.25, -0.2) is 0 Å². The molecule has 0 N–H and O–H groups in total. The van der Waals surface area contributed by atoms with E-state index in [4.69, 9.17) is 0 Å². The Hall–Kier alpha value is -1.02. The molecule has 1 aliphatic heterocycles. The van der Waals surface area contributed by atoms with Crippen LogP contribution in [0.15, 0.2) is 48.5 Å². The third-order valence-corrected chi connectivity index (χ3v) is 11.7. The minimum absolute atomic E-state index is 1.21. The van der Waals surface area contributed by atoms with Crippen LogP contribution in [-0.2, 0) is 12.8 Å². The van der Waals surface area contributed by atoms with Gasteiger partial charge in [-0.3, -0.25) is 0 Å². The van der Waals surface area contributed by atoms with Crippen molar-refractivity contribution in [1.82, 2.24) is 0 Å². The predicted molar refractivity (Wildman–Crippen MR) is 77.0 cm³/mol. The molecule has 0 saturated heterocycles. The van der Waals surface area contributed by atoms with Crippen molar-refractivity contribution in [2.24, 2.45) is 0 Å². The van der Waals surface area contributed by atoms with Crippen LogP contribution in [0.25, 0.3) is 0 Å². The molecule has 0 spiro atoms. The van der Waals surface area contributed by atoms with Gasteiger partial charge in [0.1, 0.15) is 0 Å². The van der Waals surface area contributed by atoms with Gasteiger partial charge in [-0.2, -0.15) is 0 Å². The molecule has 1 heterocycles. The van der Waals surface area contributed by atoms with E-state index in [1.807, 2.05) is 0 Å². The first kappa shape index (κ1) is 11.1. The van der Waals surface area contributed by atoms with Crippen LogP contribution in [-0.4, -0.2) is 13.3 Å². The van der Waals surface area contributed by atoms with Crippen molar-refractivity contribution in [1.29, 1.82) is 0 Å². The third kappa shape index (κ3) is 1.75. The predicted octanol–water partition coefficient (Wildman–Crippen LogP) is 2.61. The van der Waals surface area contributed by atoms with Crippen molar-refractivity contribution >= 4 is 22.1 Å². The van der Waals surface area contributed by atoms with Crippen molar-refractivity contribution in [3.63, 3.8) is 0 Å². The van der Waals surface area contributed by atoms with Crippen molar-refractivity contribution in [2.75, 3.05) is 0 Å². The molecule has 0 aromatic heterocycles. The van der Waals surface area contributed by atoms with Crippen LogP contribution in [0.3, 0.4) is 0 Å². The summed E-state index contributed by atoms with van der Waals surface area (Å²) < 4.78 is 3.36. The van der Waals surface area contributed by atoms with Crippen LogP contribution in [0.2, 0.25) is 11.5 Å². The van der Waals surface area contributed by atoms with Gasteiger partial charge in [-0.1, -0.05) is 0 Å². The molecule has 1 aliphatic rings. The molecule has 0 fully saturated rings. The van der Waals surface area contributed by atoms with Gasteiger partial charge in [0, 0.05) is 0 Å². The van der Waals surface area contributed by atoms with Crippen molar-refractivity contribution < 1.29 is 0 Å². The summed E-state index contributed by atoms with van der Waals surface area (Å²) in [5.41, 5.74) is 3.18. The van der Waals surface area contributed by atoms with E-state index in [2.05, 4.69) is 60.0 Å². The fourth-order valence-corrected chi connectivity index (χ4v) is 10.1. The molecule has 0 amide bonds. The fourth-order valence-electron chi connectivity index (χ4n) is 3.11. The zero-order valence-electron chi connectivity index (χ0n) is 10.5. The Labute approximate surface area is 106 Å². The standard InChI is InChI=1S/C16H18Ge/c1-17(2)15-9-5-3-7-13(15)11-12-14-8-4-6-10-16(14)17/h3-10H,11-12H2,1-2H3. The van der Waals surface area contributed by atoms with Gasteiger partial charge in [-0.15, -0.1) is 0 Å². The second-order valence-corrected chi connectivity index (χ2v) is 14.5. The Morgan fingerprint density at radius 1 is 0.706 bits per heavy atom. The van der Waals surface area contributed by atoms with Gasteiger partial charge in [0.15, 0.2) is 0 Å². The Kier molecular flexibility index (Phi) is 2.63. The second kappa shape index (κ2) is 4.02. The first-order valence-electron chi connectivity index (χ1n) is 6.36. The number of hydrogen-bond donors (Lipinski definition) is 0. The molecule has 17 heavy (non-hydrogen) atoms. The molecule has 86 valence electrons. The first-order valence-corrected chi connectivity index (χ1v) is 12.7. The molecule has 1 heteroatoms. The number of benzene rings is 2. The summed E-state index contributed by atoms with van der Waals surface area (Å²) in [4.78, 5) is 0. The normalized spacial score (nSPS) is 16.8. The maximum atomic E-state index is 2.53. The number of fused-ring (bicyclic) bond motifs is 2. The average molecular weight is 283 g/mol. The molecular formula is C16H18Ge. The summed E-state index contributed by atoms with van der Waals surface area (Å²) in [6, 6.07) is 18.2. The van der Waals surface area contributed by atoms with E-state index in [1.165, 1.54) is 12.8 Å². The van der Waals surface area contributed by atoms with Crippen LogP contribution < -0.4 is 8.79 Å². The molecule has 2 aromatic carbocycles. The summed E-state index contributed by atoms with van der Waals surface area (Å²) in [5, 5.41) is 0. The van der Waals surface area contributed by atoms with Gasteiger partial charge in [0.05, 0.1) is 0 Å². The molecule has 0 saturated carbocycles. The summed E-state index contributed by atoms with van der Waals surface area (Å²) in [6.45, 7) is 0. The van der Waals surface area contributed by atoms with Crippen LogP contribution in [0.4, 0.5) is 0 Å². The second-order valence-electron chi connectivity index (χ2n) is 5.44. The van der Waals surface area contributed by atoms with E-state index < -0.39 is 13.3 Å². The maximum absolute atomic E-state index is 2.53. The zero-order chi connectivity index (χ0) is 11.9. The molecule has 2 aromatic rings. The molecule has 0 atom stereocenters.